The lowest BCUT2D eigenvalue weighted by Gasteiger charge is -2.10. The molecule has 1 aromatic heterocycles. The van der Waals surface area contributed by atoms with E-state index in [0.717, 1.165) is 12.4 Å². The Morgan fingerprint density at radius 1 is 1.64 bits per heavy atom. The van der Waals surface area contributed by atoms with Gasteiger partial charge in [0.15, 0.2) is 0 Å². The van der Waals surface area contributed by atoms with Gasteiger partial charge in [-0.2, -0.15) is 4.39 Å². The fraction of sp³-hybridized carbons (Fsp3) is 0.500. The number of nitrogens with zero attached hydrogens (tertiary/aromatic N) is 2. The second-order valence-electron chi connectivity index (χ2n) is 2.72. The predicted molar refractivity (Wildman–Crippen MR) is 48.4 cm³/mol. The van der Waals surface area contributed by atoms with Crippen molar-refractivity contribution in [1.82, 2.24) is 9.97 Å². The first-order chi connectivity index (χ1) is 6.72. The zero-order valence-electron chi connectivity index (χ0n) is 7.77. The van der Waals surface area contributed by atoms with Crippen molar-refractivity contribution < 1.29 is 14.2 Å². The summed E-state index contributed by atoms with van der Waals surface area (Å²) in [5.74, 6) is -0.267. The molecule has 14 heavy (non-hydrogen) atoms. The van der Waals surface area contributed by atoms with Crippen molar-refractivity contribution in [3.63, 3.8) is 0 Å². The maximum Gasteiger partial charge on any atom is 0.217 e. The molecule has 1 atom stereocenters. The molecule has 2 N–H and O–H groups in total. The Labute approximate surface area is 81.0 Å². The summed E-state index contributed by atoms with van der Waals surface area (Å²) in [4.78, 5) is 7.06. The molecular formula is C8H12FN3O2. The van der Waals surface area contributed by atoms with Crippen molar-refractivity contribution in [2.75, 3.05) is 25.6 Å². The Hall–Kier alpha value is -1.27. The SMILES string of the molecule is COCC(O)CNc1cc(F)ncn1. The molecule has 0 aliphatic carbocycles. The molecular weight excluding hydrogens is 189 g/mol. The van der Waals surface area contributed by atoms with E-state index in [4.69, 9.17) is 4.74 Å². The first-order valence-corrected chi connectivity index (χ1v) is 4.11. The number of halogens is 1. The highest BCUT2D eigenvalue weighted by Gasteiger charge is 2.03. The van der Waals surface area contributed by atoms with E-state index in [1.54, 1.807) is 0 Å². The lowest BCUT2D eigenvalue weighted by atomic mass is 10.4. The summed E-state index contributed by atoms with van der Waals surface area (Å²) < 4.78 is 17.3. The second-order valence-corrected chi connectivity index (χ2v) is 2.72. The van der Waals surface area contributed by atoms with E-state index in [9.17, 15) is 9.50 Å². The van der Waals surface area contributed by atoms with Crippen molar-refractivity contribution >= 4 is 5.82 Å². The number of anilines is 1. The number of aliphatic hydroxyl groups is 1. The van der Waals surface area contributed by atoms with Crippen LogP contribution in [0.4, 0.5) is 10.2 Å². The molecule has 0 saturated heterocycles. The molecule has 0 bridgehead atoms. The van der Waals surface area contributed by atoms with Crippen LogP contribution in [-0.4, -0.2) is 41.4 Å². The molecule has 0 aliphatic heterocycles. The lowest BCUT2D eigenvalue weighted by Crippen LogP contribution is -2.24. The van der Waals surface area contributed by atoms with Crippen molar-refractivity contribution in [1.29, 1.82) is 0 Å². The Kier molecular flexibility index (Phi) is 4.21. The molecule has 6 heteroatoms. The highest BCUT2D eigenvalue weighted by Crippen LogP contribution is 2.01. The third kappa shape index (κ3) is 3.63. The van der Waals surface area contributed by atoms with Gasteiger partial charge >= 0.3 is 0 Å². The average Bonchev–Trinajstić information content (AvgIpc) is 2.15. The molecule has 1 rings (SSSR count). The van der Waals surface area contributed by atoms with Gasteiger partial charge in [0.1, 0.15) is 12.1 Å². The van der Waals surface area contributed by atoms with E-state index < -0.39 is 12.1 Å². The number of rotatable bonds is 5. The molecule has 0 amide bonds. The maximum atomic E-state index is 12.6. The maximum absolute atomic E-state index is 12.6. The second kappa shape index (κ2) is 5.46. The zero-order valence-corrected chi connectivity index (χ0v) is 7.77. The third-order valence-corrected chi connectivity index (χ3v) is 1.51. The molecule has 1 heterocycles. The molecule has 5 nitrogen and oxygen atoms in total. The lowest BCUT2D eigenvalue weighted by molar-refractivity contribution is 0.0727. The van der Waals surface area contributed by atoms with Gasteiger partial charge in [-0.25, -0.2) is 9.97 Å². The summed E-state index contributed by atoms with van der Waals surface area (Å²) in [6, 6.07) is 1.15. The number of hydrogen-bond acceptors (Lipinski definition) is 5. The number of methoxy groups -OCH3 is 1. The van der Waals surface area contributed by atoms with Crippen molar-refractivity contribution in [3.05, 3.63) is 18.3 Å². The highest BCUT2D eigenvalue weighted by molar-refractivity contribution is 5.32. The van der Waals surface area contributed by atoms with Gasteiger partial charge in [-0.1, -0.05) is 0 Å². The molecule has 0 radical (unpaired) electrons. The normalized spacial score (nSPS) is 12.5. The van der Waals surface area contributed by atoms with Crippen molar-refractivity contribution in [3.8, 4) is 0 Å². The van der Waals surface area contributed by atoms with Gasteiger partial charge in [-0.15, -0.1) is 0 Å². The predicted octanol–water partition coefficient (Wildman–Crippen LogP) is 0.0349. The van der Waals surface area contributed by atoms with Gasteiger partial charge in [0.25, 0.3) is 0 Å². The van der Waals surface area contributed by atoms with E-state index in [2.05, 4.69) is 15.3 Å². The van der Waals surface area contributed by atoms with Gasteiger partial charge < -0.3 is 15.2 Å². The number of hydrogen-bond donors (Lipinski definition) is 2. The van der Waals surface area contributed by atoms with Crippen LogP contribution < -0.4 is 5.32 Å². The smallest absolute Gasteiger partial charge is 0.217 e. The van der Waals surface area contributed by atoms with Crippen LogP contribution in [0.5, 0.6) is 0 Å². The molecule has 0 saturated carbocycles. The minimum atomic E-state index is -0.641. The van der Waals surface area contributed by atoms with Crippen LogP contribution in [0.25, 0.3) is 0 Å². The Morgan fingerprint density at radius 3 is 3.07 bits per heavy atom. The molecule has 1 aromatic rings. The average molecular weight is 201 g/mol. The molecule has 0 fully saturated rings. The van der Waals surface area contributed by atoms with Gasteiger partial charge in [-0.3, -0.25) is 0 Å². The molecule has 0 spiro atoms. The quantitative estimate of drug-likeness (QED) is 0.658. The Morgan fingerprint density at radius 2 is 2.43 bits per heavy atom. The van der Waals surface area contributed by atoms with Crippen LogP contribution >= 0.6 is 0 Å². The largest absolute Gasteiger partial charge is 0.389 e. The molecule has 1 unspecified atom stereocenters. The summed E-state index contributed by atoms with van der Waals surface area (Å²) in [5.41, 5.74) is 0. The van der Waals surface area contributed by atoms with Crippen LogP contribution in [0.15, 0.2) is 12.4 Å². The number of aliphatic hydroxyl groups excluding tert-OH is 1. The molecule has 0 aliphatic rings. The Balaban J connectivity index is 2.37. The molecule has 78 valence electrons. The summed E-state index contributed by atoms with van der Waals surface area (Å²) in [7, 11) is 1.49. The fourth-order valence-corrected chi connectivity index (χ4v) is 0.904. The van der Waals surface area contributed by atoms with Crippen LogP contribution in [0.2, 0.25) is 0 Å². The summed E-state index contributed by atoms with van der Waals surface area (Å²) in [6.07, 6.45) is 0.471. The first-order valence-electron chi connectivity index (χ1n) is 4.11. The van der Waals surface area contributed by atoms with Crippen LogP contribution in [0.1, 0.15) is 0 Å². The topological polar surface area (TPSA) is 67.3 Å². The first kappa shape index (κ1) is 10.8. The van der Waals surface area contributed by atoms with Gasteiger partial charge in [0.05, 0.1) is 12.7 Å². The Bertz CT molecular complexity index is 285. The van der Waals surface area contributed by atoms with Gasteiger partial charge in [-0.05, 0) is 0 Å². The van der Waals surface area contributed by atoms with E-state index in [1.165, 1.54) is 7.11 Å². The monoisotopic (exact) mass is 201 g/mol. The van der Waals surface area contributed by atoms with E-state index >= 15 is 0 Å². The van der Waals surface area contributed by atoms with Crippen LogP contribution in [0, 0.1) is 5.95 Å². The number of nitrogens with one attached hydrogen (secondary N) is 1. The number of aromatic nitrogens is 2. The van der Waals surface area contributed by atoms with E-state index in [-0.39, 0.29) is 13.2 Å². The minimum Gasteiger partial charge on any atom is -0.389 e. The number of ether oxygens (including phenoxy) is 1. The summed E-state index contributed by atoms with van der Waals surface area (Å²) in [6.45, 7) is 0.477. The van der Waals surface area contributed by atoms with Gasteiger partial charge in [0.2, 0.25) is 5.95 Å². The van der Waals surface area contributed by atoms with E-state index in [0.29, 0.717) is 5.82 Å². The van der Waals surface area contributed by atoms with Crippen LogP contribution in [0.3, 0.4) is 0 Å². The van der Waals surface area contributed by atoms with Crippen molar-refractivity contribution in [2.45, 2.75) is 6.10 Å². The van der Waals surface area contributed by atoms with Crippen LogP contribution in [-0.2, 0) is 4.74 Å². The minimum absolute atomic E-state index is 0.223. The third-order valence-electron chi connectivity index (χ3n) is 1.51. The molecule has 0 aromatic carbocycles. The fourth-order valence-electron chi connectivity index (χ4n) is 0.904. The summed E-state index contributed by atoms with van der Waals surface area (Å²) >= 11 is 0. The summed E-state index contributed by atoms with van der Waals surface area (Å²) in [5, 5.41) is 12.0. The zero-order chi connectivity index (χ0) is 10.4. The van der Waals surface area contributed by atoms with Gasteiger partial charge in [0, 0.05) is 19.7 Å². The highest BCUT2D eigenvalue weighted by atomic mass is 19.1. The standard InChI is InChI=1S/C8H12FN3O2/c1-14-4-6(13)3-10-8-2-7(9)11-5-12-8/h2,5-6,13H,3-4H2,1H3,(H,10,11,12). The van der Waals surface area contributed by atoms with Crippen molar-refractivity contribution in [2.24, 2.45) is 0 Å². The van der Waals surface area contributed by atoms with E-state index in [1.807, 2.05) is 0 Å².